The minimum Gasteiger partial charge on any atom is -0.380 e. The Morgan fingerprint density at radius 3 is 2.70 bits per heavy atom. The van der Waals surface area contributed by atoms with E-state index >= 15 is 0 Å². The molecule has 0 saturated carbocycles. The maximum absolute atomic E-state index is 12.2. The van der Waals surface area contributed by atoms with Crippen LogP contribution in [-0.2, 0) is 21.3 Å². The monoisotopic (exact) mass is 304 g/mol. The quantitative estimate of drug-likeness (QED) is 0.578. The minimum atomic E-state index is -3.61. The van der Waals surface area contributed by atoms with Crippen molar-refractivity contribution in [3.05, 3.63) is 11.3 Å². The summed E-state index contributed by atoms with van der Waals surface area (Å²) in [5.41, 5.74) is 1.42. The molecule has 1 rings (SSSR count). The van der Waals surface area contributed by atoms with Crippen molar-refractivity contribution in [2.45, 2.75) is 45.3 Å². The largest absolute Gasteiger partial charge is 0.380 e. The lowest BCUT2D eigenvalue weighted by atomic mass is 10.2. The molecule has 0 amide bonds. The number of sulfonamides is 1. The summed E-state index contributed by atoms with van der Waals surface area (Å²) in [6, 6.07) is 0.269. The maximum atomic E-state index is 12.2. The molecule has 116 valence electrons. The van der Waals surface area contributed by atoms with Crippen molar-refractivity contribution in [3.8, 4) is 0 Å². The Labute approximate surface area is 120 Å². The molecule has 3 N–H and O–H groups in total. The zero-order valence-corrected chi connectivity index (χ0v) is 13.3. The zero-order valence-electron chi connectivity index (χ0n) is 12.5. The Balaban J connectivity index is 2.78. The van der Waals surface area contributed by atoms with E-state index in [2.05, 4.69) is 20.2 Å². The van der Waals surface area contributed by atoms with Crippen molar-refractivity contribution in [1.29, 1.82) is 0 Å². The second-order valence-corrected chi connectivity index (χ2v) is 6.44. The van der Waals surface area contributed by atoms with Crippen molar-refractivity contribution >= 4 is 10.0 Å². The van der Waals surface area contributed by atoms with Crippen molar-refractivity contribution in [2.24, 2.45) is 0 Å². The van der Waals surface area contributed by atoms with Gasteiger partial charge in [-0.05, 0) is 13.8 Å². The Morgan fingerprint density at radius 2 is 2.10 bits per heavy atom. The Morgan fingerprint density at radius 1 is 1.40 bits per heavy atom. The van der Waals surface area contributed by atoms with Gasteiger partial charge in [0.25, 0.3) is 10.0 Å². The highest BCUT2D eigenvalue weighted by Crippen LogP contribution is 2.15. The number of H-pyrrole nitrogens is 1. The zero-order chi connectivity index (χ0) is 15.2. The van der Waals surface area contributed by atoms with Crippen molar-refractivity contribution in [1.82, 2.24) is 20.2 Å². The van der Waals surface area contributed by atoms with E-state index in [1.807, 2.05) is 27.7 Å². The van der Waals surface area contributed by atoms with Gasteiger partial charge in [-0.25, -0.2) is 13.1 Å². The molecule has 0 aliphatic rings. The van der Waals surface area contributed by atoms with Crippen molar-refractivity contribution in [3.63, 3.8) is 0 Å². The number of aryl methyl sites for hydroxylation is 1. The van der Waals surface area contributed by atoms with Gasteiger partial charge in [0.05, 0.1) is 6.61 Å². The third-order valence-corrected chi connectivity index (χ3v) is 4.15. The van der Waals surface area contributed by atoms with Crippen LogP contribution in [0.15, 0.2) is 5.03 Å². The first kappa shape index (κ1) is 17.1. The molecule has 0 aliphatic carbocycles. The third kappa shape index (κ3) is 4.86. The van der Waals surface area contributed by atoms with Crippen LogP contribution in [-0.4, -0.2) is 44.4 Å². The fourth-order valence-corrected chi connectivity index (χ4v) is 2.83. The van der Waals surface area contributed by atoms with Gasteiger partial charge in [-0.3, -0.25) is 5.10 Å². The summed E-state index contributed by atoms with van der Waals surface area (Å²) in [6.45, 7) is 9.28. The molecule has 0 aromatic carbocycles. The lowest BCUT2D eigenvalue weighted by Gasteiger charge is -2.10. The first-order chi connectivity index (χ1) is 9.38. The summed E-state index contributed by atoms with van der Waals surface area (Å²) in [5.74, 6) is 0. The number of nitrogens with zero attached hydrogens (tertiary/aromatic N) is 1. The van der Waals surface area contributed by atoms with Crippen LogP contribution in [0.3, 0.4) is 0 Å². The molecule has 0 aliphatic heterocycles. The van der Waals surface area contributed by atoms with E-state index in [0.717, 1.165) is 5.69 Å². The minimum absolute atomic E-state index is 0.0552. The van der Waals surface area contributed by atoms with Gasteiger partial charge in [-0.15, -0.1) is 0 Å². The second-order valence-electron chi connectivity index (χ2n) is 4.76. The van der Waals surface area contributed by atoms with Gasteiger partial charge in [-0.2, -0.15) is 5.10 Å². The van der Waals surface area contributed by atoms with Crippen LogP contribution in [0, 0.1) is 6.92 Å². The fraction of sp³-hybridized carbons (Fsp3) is 0.750. The number of aromatic amines is 1. The van der Waals surface area contributed by atoms with Crippen molar-refractivity contribution < 1.29 is 13.2 Å². The van der Waals surface area contributed by atoms with Crippen LogP contribution in [0.4, 0.5) is 0 Å². The van der Waals surface area contributed by atoms with Gasteiger partial charge in [0.15, 0.2) is 5.03 Å². The second kappa shape index (κ2) is 7.72. The summed E-state index contributed by atoms with van der Waals surface area (Å²) in [4.78, 5) is 0. The summed E-state index contributed by atoms with van der Waals surface area (Å²) in [7, 11) is -3.61. The van der Waals surface area contributed by atoms with Crippen LogP contribution < -0.4 is 10.0 Å². The summed E-state index contributed by atoms with van der Waals surface area (Å²) < 4.78 is 32.0. The van der Waals surface area contributed by atoms with Gasteiger partial charge in [0.2, 0.25) is 0 Å². The van der Waals surface area contributed by atoms with Gasteiger partial charge in [-0.1, -0.05) is 13.8 Å². The average Bonchev–Trinajstić information content (AvgIpc) is 2.74. The molecule has 7 nitrogen and oxygen atoms in total. The summed E-state index contributed by atoms with van der Waals surface area (Å²) in [6.07, 6.45) is 0. The third-order valence-electron chi connectivity index (χ3n) is 2.72. The van der Waals surface area contributed by atoms with E-state index in [1.165, 1.54) is 0 Å². The molecular weight excluding hydrogens is 280 g/mol. The number of hydrogen-bond donors (Lipinski definition) is 3. The standard InChI is InChI=1S/C12H24N4O3S/c1-5-19-7-6-14-20(17,18)12-11(8-13-9(2)3)10(4)15-16-12/h9,13-14H,5-8H2,1-4H3,(H,15,16). The van der Waals surface area contributed by atoms with E-state index in [0.29, 0.717) is 25.3 Å². The number of hydrogen-bond acceptors (Lipinski definition) is 5. The number of nitrogens with one attached hydrogen (secondary N) is 3. The normalized spacial score (nSPS) is 12.2. The molecule has 20 heavy (non-hydrogen) atoms. The number of rotatable bonds is 9. The SMILES string of the molecule is CCOCCNS(=O)(=O)c1n[nH]c(C)c1CNC(C)C. The van der Waals surface area contributed by atoms with E-state index in [9.17, 15) is 8.42 Å². The van der Waals surface area contributed by atoms with Gasteiger partial charge >= 0.3 is 0 Å². The maximum Gasteiger partial charge on any atom is 0.260 e. The van der Waals surface area contributed by atoms with Crippen LogP contribution >= 0.6 is 0 Å². The predicted octanol–water partition coefficient (Wildman–Crippen LogP) is 0.531. The van der Waals surface area contributed by atoms with Crippen LogP contribution in [0.1, 0.15) is 32.0 Å². The lowest BCUT2D eigenvalue weighted by Crippen LogP contribution is -2.30. The molecule has 0 bridgehead atoms. The molecule has 0 atom stereocenters. The molecule has 8 heteroatoms. The Kier molecular flexibility index (Phi) is 6.60. The molecule has 1 aromatic rings. The van der Waals surface area contributed by atoms with Crippen LogP contribution in [0.2, 0.25) is 0 Å². The highest BCUT2D eigenvalue weighted by Gasteiger charge is 2.23. The molecule has 0 unspecified atom stereocenters. The molecule has 1 aromatic heterocycles. The van der Waals surface area contributed by atoms with Gasteiger partial charge in [0.1, 0.15) is 0 Å². The average molecular weight is 304 g/mol. The highest BCUT2D eigenvalue weighted by molar-refractivity contribution is 7.89. The van der Waals surface area contributed by atoms with Crippen LogP contribution in [0.25, 0.3) is 0 Å². The van der Waals surface area contributed by atoms with E-state index in [1.54, 1.807) is 0 Å². The Hall–Kier alpha value is -0.960. The molecule has 0 spiro atoms. The summed E-state index contributed by atoms with van der Waals surface area (Å²) >= 11 is 0. The molecule has 0 fully saturated rings. The van der Waals surface area contributed by atoms with Gasteiger partial charge < -0.3 is 10.1 Å². The molecule has 0 saturated heterocycles. The topological polar surface area (TPSA) is 96.1 Å². The van der Waals surface area contributed by atoms with E-state index in [-0.39, 0.29) is 17.6 Å². The first-order valence-corrected chi connectivity index (χ1v) is 8.21. The molecule has 1 heterocycles. The Bertz CT molecular complexity index is 511. The molecule has 0 radical (unpaired) electrons. The van der Waals surface area contributed by atoms with Gasteiger partial charge in [0, 0.05) is 37.0 Å². The van der Waals surface area contributed by atoms with Crippen LogP contribution in [0.5, 0.6) is 0 Å². The number of ether oxygens (including phenoxy) is 1. The first-order valence-electron chi connectivity index (χ1n) is 6.73. The smallest absolute Gasteiger partial charge is 0.260 e. The summed E-state index contributed by atoms with van der Waals surface area (Å²) in [5, 5.41) is 9.89. The van der Waals surface area contributed by atoms with E-state index < -0.39 is 10.0 Å². The molecular formula is C12H24N4O3S. The lowest BCUT2D eigenvalue weighted by molar-refractivity contribution is 0.153. The fourth-order valence-electron chi connectivity index (χ4n) is 1.63. The number of aromatic nitrogens is 2. The highest BCUT2D eigenvalue weighted by atomic mass is 32.2. The predicted molar refractivity (Wildman–Crippen MR) is 77.0 cm³/mol. The van der Waals surface area contributed by atoms with Crippen molar-refractivity contribution in [2.75, 3.05) is 19.8 Å². The van der Waals surface area contributed by atoms with E-state index in [4.69, 9.17) is 4.74 Å².